The topological polar surface area (TPSA) is 55.1 Å². The van der Waals surface area contributed by atoms with E-state index in [1.807, 2.05) is 35.6 Å². The Bertz CT molecular complexity index is 666. The first-order valence-electron chi connectivity index (χ1n) is 8.84. The van der Waals surface area contributed by atoms with Crippen molar-refractivity contribution in [1.29, 1.82) is 0 Å². The number of hydrogen-bond donors (Lipinski definition) is 2. The Morgan fingerprint density at radius 2 is 1.88 bits per heavy atom. The van der Waals surface area contributed by atoms with Crippen LogP contribution in [0.3, 0.4) is 0 Å². The maximum atomic E-state index is 12.3. The maximum Gasteiger partial charge on any atom is 0.220 e. The number of para-hydroxylation sites is 1. The van der Waals surface area contributed by atoms with E-state index < -0.39 is 0 Å². The Morgan fingerprint density at radius 1 is 1.12 bits per heavy atom. The lowest BCUT2D eigenvalue weighted by Crippen LogP contribution is -2.41. The Balaban J connectivity index is 0.00000225. The first-order chi connectivity index (χ1) is 11.7. The fourth-order valence-corrected chi connectivity index (χ4v) is 4.67. The van der Waals surface area contributed by atoms with Crippen LogP contribution >= 0.6 is 23.7 Å². The number of nitrogens with two attached hydrogens (primary N) is 1. The lowest BCUT2D eigenvalue weighted by molar-refractivity contribution is -0.121. The number of halogens is 1. The molecule has 0 spiro atoms. The van der Waals surface area contributed by atoms with Crippen molar-refractivity contribution in [3.63, 3.8) is 0 Å². The average molecular weight is 379 g/mol. The summed E-state index contributed by atoms with van der Waals surface area (Å²) in [6.45, 7) is 0.761. The fraction of sp³-hybridized carbons (Fsp3) is 0.450. The van der Waals surface area contributed by atoms with Crippen LogP contribution in [0.1, 0.15) is 49.0 Å². The van der Waals surface area contributed by atoms with E-state index in [9.17, 15) is 4.79 Å². The highest BCUT2D eigenvalue weighted by Crippen LogP contribution is 2.41. The standard InChI is InChI=1S/C20H26N2OS.ClH/c21-17-8-3-2-7-16(17)10-11-19(23)22-15-20(12-4-1-5-13-20)18-9-6-14-24-18;/h2-3,6-9,14H,1,4-5,10-13,15,21H2,(H,22,23);1H. The van der Waals surface area contributed by atoms with Gasteiger partial charge in [-0.2, -0.15) is 0 Å². The average Bonchev–Trinajstić information content (AvgIpc) is 3.15. The van der Waals surface area contributed by atoms with E-state index in [0.717, 1.165) is 17.8 Å². The van der Waals surface area contributed by atoms with E-state index >= 15 is 0 Å². The molecule has 1 heterocycles. The predicted molar refractivity (Wildman–Crippen MR) is 109 cm³/mol. The van der Waals surface area contributed by atoms with E-state index in [-0.39, 0.29) is 23.7 Å². The quantitative estimate of drug-likeness (QED) is 0.715. The van der Waals surface area contributed by atoms with Gasteiger partial charge in [-0.3, -0.25) is 4.79 Å². The van der Waals surface area contributed by atoms with Gasteiger partial charge in [0.25, 0.3) is 0 Å². The minimum Gasteiger partial charge on any atom is -0.399 e. The molecule has 3 nitrogen and oxygen atoms in total. The van der Waals surface area contributed by atoms with Crippen molar-refractivity contribution >= 4 is 35.3 Å². The Kier molecular flexibility index (Phi) is 7.33. The van der Waals surface area contributed by atoms with Crippen molar-refractivity contribution in [2.45, 2.75) is 50.4 Å². The summed E-state index contributed by atoms with van der Waals surface area (Å²) in [4.78, 5) is 13.8. The molecule has 1 aromatic carbocycles. The molecule has 0 radical (unpaired) electrons. The van der Waals surface area contributed by atoms with E-state index in [1.54, 1.807) is 0 Å². The second-order valence-electron chi connectivity index (χ2n) is 6.79. The Hall–Kier alpha value is -1.52. The van der Waals surface area contributed by atoms with Gasteiger partial charge in [0.2, 0.25) is 5.91 Å². The van der Waals surface area contributed by atoms with Gasteiger partial charge in [0, 0.05) is 28.9 Å². The minimum atomic E-state index is 0. The number of anilines is 1. The third-order valence-electron chi connectivity index (χ3n) is 5.15. The summed E-state index contributed by atoms with van der Waals surface area (Å²) >= 11 is 1.82. The number of carbonyl (C=O) groups excluding carboxylic acids is 1. The van der Waals surface area contributed by atoms with Gasteiger partial charge < -0.3 is 11.1 Å². The number of rotatable bonds is 6. The summed E-state index contributed by atoms with van der Waals surface area (Å²) in [6, 6.07) is 12.1. The molecule has 1 amide bonds. The number of hydrogen-bond acceptors (Lipinski definition) is 3. The van der Waals surface area contributed by atoms with Crippen LogP contribution in [0.5, 0.6) is 0 Å². The summed E-state index contributed by atoms with van der Waals surface area (Å²) < 4.78 is 0. The van der Waals surface area contributed by atoms with Gasteiger partial charge in [-0.05, 0) is 42.3 Å². The molecule has 1 saturated carbocycles. The number of nitrogens with one attached hydrogen (secondary N) is 1. The van der Waals surface area contributed by atoms with Crippen LogP contribution in [0.15, 0.2) is 41.8 Å². The Morgan fingerprint density at radius 3 is 2.56 bits per heavy atom. The van der Waals surface area contributed by atoms with Gasteiger partial charge >= 0.3 is 0 Å². The second kappa shape index (κ2) is 9.25. The van der Waals surface area contributed by atoms with Crippen LogP contribution in [0.25, 0.3) is 0 Å². The van der Waals surface area contributed by atoms with Gasteiger partial charge in [-0.1, -0.05) is 43.5 Å². The van der Waals surface area contributed by atoms with Crippen molar-refractivity contribution < 1.29 is 4.79 Å². The van der Waals surface area contributed by atoms with Gasteiger partial charge in [0.1, 0.15) is 0 Å². The predicted octanol–water partition coefficient (Wildman–Crippen LogP) is 4.70. The molecular formula is C20H27ClN2OS. The van der Waals surface area contributed by atoms with Crippen LogP contribution in [0, 0.1) is 0 Å². The van der Waals surface area contributed by atoms with Crippen molar-refractivity contribution in [2.24, 2.45) is 0 Å². The highest BCUT2D eigenvalue weighted by Gasteiger charge is 2.35. The summed E-state index contributed by atoms with van der Waals surface area (Å²) in [6.07, 6.45) is 7.38. The van der Waals surface area contributed by atoms with Crippen molar-refractivity contribution in [1.82, 2.24) is 5.32 Å². The molecule has 136 valence electrons. The second-order valence-corrected chi connectivity index (χ2v) is 7.74. The lowest BCUT2D eigenvalue weighted by Gasteiger charge is -2.36. The molecule has 25 heavy (non-hydrogen) atoms. The number of nitrogen functional groups attached to an aromatic ring is 1. The van der Waals surface area contributed by atoms with E-state index in [1.165, 1.54) is 37.0 Å². The maximum absolute atomic E-state index is 12.3. The normalized spacial score (nSPS) is 16.0. The molecule has 0 aliphatic heterocycles. The minimum absolute atomic E-state index is 0. The van der Waals surface area contributed by atoms with Crippen LogP contribution in [0.4, 0.5) is 5.69 Å². The van der Waals surface area contributed by atoms with Gasteiger partial charge in [0.05, 0.1) is 0 Å². The largest absolute Gasteiger partial charge is 0.399 e. The zero-order valence-electron chi connectivity index (χ0n) is 14.5. The number of thiophene rings is 1. The Labute approximate surface area is 160 Å². The molecular weight excluding hydrogens is 352 g/mol. The van der Waals surface area contributed by atoms with Crippen LogP contribution in [-0.4, -0.2) is 12.5 Å². The molecule has 1 aliphatic carbocycles. The summed E-state index contributed by atoms with van der Waals surface area (Å²) in [5.74, 6) is 0.125. The van der Waals surface area contributed by atoms with Gasteiger partial charge in [-0.15, -0.1) is 23.7 Å². The van der Waals surface area contributed by atoms with E-state index in [0.29, 0.717) is 12.8 Å². The van der Waals surface area contributed by atoms with E-state index in [2.05, 4.69) is 22.8 Å². The lowest BCUT2D eigenvalue weighted by atomic mass is 9.73. The monoisotopic (exact) mass is 378 g/mol. The number of amides is 1. The van der Waals surface area contributed by atoms with Crippen molar-refractivity contribution in [3.8, 4) is 0 Å². The van der Waals surface area contributed by atoms with Crippen molar-refractivity contribution in [3.05, 3.63) is 52.2 Å². The van der Waals surface area contributed by atoms with E-state index in [4.69, 9.17) is 5.73 Å². The molecule has 0 unspecified atom stereocenters. The molecule has 1 fully saturated rings. The highest BCUT2D eigenvalue weighted by atomic mass is 35.5. The van der Waals surface area contributed by atoms with Crippen molar-refractivity contribution in [2.75, 3.05) is 12.3 Å². The summed E-state index contributed by atoms with van der Waals surface area (Å²) in [5, 5.41) is 5.34. The molecule has 1 aliphatic rings. The summed E-state index contributed by atoms with van der Waals surface area (Å²) in [5.41, 5.74) is 7.92. The first-order valence-corrected chi connectivity index (χ1v) is 9.72. The third kappa shape index (κ3) is 4.99. The molecule has 5 heteroatoms. The summed E-state index contributed by atoms with van der Waals surface area (Å²) in [7, 11) is 0. The fourth-order valence-electron chi connectivity index (χ4n) is 3.69. The third-order valence-corrected chi connectivity index (χ3v) is 6.27. The zero-order valence-corrected chi connectivity index (χ0v) is 16.1. The number of aryl methyl sites for hydroxylation is 1. The zero-order chi connectivity index (χ0) is 16.8. The smallest absolute Gasteiger partial charge is 0.220 e. The van der Waals surface area contributed by atoms with Crippen LogP contribution < -0.4 is 11.1 Å². The molecule has 3 N–H and O–H groups in total. The SMILES string of the molecule is Cl.Nc1ccccc1CCC(=O)NCC1(c2cccs2)CCCCC1. The highest BCUT2D eigenvalue weighted by molar-refractivity contribution is 7.10. The first kappa shape index (κ1) is 19.8. The molecule has 3 rings (SSSR count). The molecule has 2 aromatic rings. The van der Waals surface area contributed by atoms with Crippen LogP contribution in [0.2, 0.25) is 0 Å². The molecule has 1 aromatic heterocycles. The van der Waals surface area contributed by atoms with Gasteiger partial charge in [-0.25, -0.2) is 0 Å². The molecule has 0 saturated heterocycles. The molecule has 0 bridgehead atoms. The number of benzene rings is 1. The molecule has 0 atom stereocenters. The van der Waals surface area contributed by atoms with Gasteiger partial charge in [0.15, 0.2) is 0 Å². The number of carbonyl (C=O) groups is 1. The van der Waals surface area contributed by atoms with Crippen LogP contribution in [-0.2, 0) is 16.6 Å².